The zero-order valence-corrected chi connectivity index (χ0v) is 22.1. The lowest BCUT2D eigenvalue weighted by molar-refractivity contribution is -0.122. The summed E-state index contributed by atoms with van der Waals surface area (Å²) in [6.07, 6.45) is 2.09. The van der Waals surface area contributed by atoms with E-state index in [0.29, 0.717) is 16.9 Å². The van der Waals surface area contributed by atoms with Crippen LogP contribution >= 0.6 is 0 Å². The van der Waals surface area contributed by atoms with Gasteiger partial charge in [-0.25, -0.2) is 8.78 Å². The van der Waals surface area contributed by atoms with Gasteiger partial charge in [-0.3, -0.25) is 4.79 Å². The number of rotatable bonds is 6. The van der Waals surface area contributed by atoms with E-state index in [1.807, 2.05) is 12.1 Å². The first-order valence-corrected chi connectivity index (χ1v) is 11.9. The van der Waals surface area contributed by atoms with E-state index in [0.717, 1.165) is 29.4 Å². The smallest absolute Gasteiger partial charge is 0.290 e. The van der Waals surface area contributed by atoms with Crippen LogP contribution in [0.15, 0.2) is 73.3 Å². The van der Waals surface area contributed by atoms with Crippen LogP contribution < -0.4 is 15.2 Å². The Morgan fingerprint density at radius 1 is 0.947 bits per heavy atom. The standard InChI is InChI=1S/C21H21FO2.C9H10FN.CH2O2/c1-4-7-14-8-5-10-16-15(14)9-6-11-17(16)20-19(23-2)13-12-18(22)21(20)24-3;1-6-4-3-5-8(10)9(6)7(2)11;2-1-3/h5-6,8-13H,4,7H2,1-3H3;3-5H,2,11H2,1H3;1H,(H,2,3). The van der Waals surface area contributed by atoms with E-state index < -0.39 is 5.82 Å². The fourth-order valence-electron chi connectivity index (χ4n) is 4.28. The second-order valence-electron chi connectivity index (χ2n) is 8.29. The number of benzene rings is 4. The highest BCUT2D eigenvalue weighted by atomic mass is 19.1. The molecule has 5 nitrogen and oxygen atoms in total. The Morgan fingerprint density at radius 3 is 2.13 bits per heavy atom. The molecule has 4 rings (SSSR count). The van der Waals surface area contributed by atoms with Gasteiger partial charge in [0.15, 0.2) is 11.6 Å². The van der Waals surface area contributed by atoms with Crippen molar-refractivity contribution in [1.82, 2.24) is 0 Å². The fraction of sp³-hybridized carbons (Fsp3) is 0.194. The summed E-state index contributed by atoms with van der Waals surface area (Å²) in [4.78, 5) is 8.36. The summed E-state index contributed by atoms with van der Waals surface area (Å²) in [5, 5.41) is 9.15. The lowest BCUT2D eigenvalue weighted by Crippen LogP contribution is -1.99. The van der Waals surface area contributed by atoms with Crippen molar-refractivity contribution in [3.8, 4) is 22.6 Å². The van der Waals surface area contributed by atoms with Gasteiger partial charge < -0.3 is 20.3 Å². The van der Waals surface area contributed by atoms with Crippen molar-refractivity contribution in [2.75, 3.05) is 14.2 Å². The number of hydrogen-bond acceptors (Lipinski definition) is 4. The number of carbonyl (C=O) groups is 1. The molecular formula is C31H33F2NO4. The van der Waals surface area contributed by atoms with Crippen LogP contribution in [0.25, 0.3) is 27.6 Å². The van der Waals surface area contributed by atoms with Gasteiger partial charge in [-0.15, -0.1) is 0 Å². The minimum Gasteiger partial charge on any atom is -0.496 e. The first-order valence-electron chi connectivity index (χ1n) is 11.9. The summed E-state index contributed by atoms with van der Waals surface area (Å²) in [6.45, 7) is 7.20. The van der Waals surface area contributed by atoms with Crippen molar-refractivity contribution in [3.63, 3.8) is 0 Å². The van der Waals surface area contributed by atoms with Crippen LogP contribution in [0, 0.1) is 18.6 Å². The SMILES string of the molecule is C=C(N)c1c(C)cccc1F.CCCc1cccc2c(-c3c(OC)ccc(F)c3OC)cccc12.O=CO. The van der Waals surface area contributed by atoms with Crippen molar-refractivity contribution in [2.45, 2.75) is 26.7 Å². The number of hydrogen-bond donors (Lipinski definition) is 2. The average Bonchev–Trinajstić information content (AvgIpc) is 2.89. The summed E-state index contributed by atoms with van der Waals surface area (Å²) >= 11 is 0. The Bertz CT molecular complexity index is 1380. The van der Waals surface area contributed by atoms with Gasteiger partial charge in [0, 0.05) is 11.3 Å². The summed E-state index contributed by atoms with van der Waals surface area (Å²) in [5.74, 6) is 0.108. The highest BCUT2D eigenvalue weighted by Crippen LogP contribution is 2.43. The molecule has 0 aliphatic carbocycles. The van der Waals surface area contributed by atoms with E-state index in [2.05, 4.69) is 37.8 Å². The minimum atomic E-state index is -0.394. The number of halogens is 2. The van der Waals surface area contributed by atoms with E-state index >= 15 is 0 Å². The molecule has 0 aliphatic rings. The van der Waals surface area contributed by atoms with Crippen molar-refractivity contribution in [3.05, 3.63) is 102 Å². The zero-order chi connectivity index (χ0) is 28.2. The van der Waals surface area contributed by atoms with E-state index in [1.165, 1.54) is 30.2 Å². The number of carboxylic acid groups (broad SMARTS) is 1. The predicted molar refractivity (Wildman–Crippen MR) is 149 cm³/mol. The number of aryl methyl sites for hydroxylation is 2. The molecule has 0 saturated heterocycles. The highest BCUT2D eigenvalue weighted by Gasteiger charge is 2.19. The molecule has 0 unspecified atom stereocenters. The molecule has 0 saturated carbocycles. The van der Waals surface area contributed by atoms with Crippen LogP contribution in [0.5, 0.6) is 11.5 Å². The first-order chi connectivity index (χ1) is 18.2. The van der Waals surface area contributed by atoms with Crippen LogP contribution in [0.3, 0.4) is 0 Å². The van der Waals surface area contributed by atoms with Gasteiger partial charge in [-0.1, -0.05) is 68.5 Å². The van der Waals surface area contributed by atoms with Gasteiger partial charge in [0.05, 0.1) is 19.8 Å². The van der Waals surface area contributed by atoms with E-state index in [9.17, 15) is 8.78 Å². The number of methoxy groups -OCH3 is 2. The van der Waals surface area contributed by atoms with Crippen LogP contribution in [-0.4, -0.2) is 25.8 Å². The first kappa shape index (κ1) is 29.8. The highest BCUT2D eigenvalue weighted by molar-refractivity contribution is 6.01. The molecule has 4 aromatic rings. The number of nitrogens with two attached hydrogens (primary N) is 1. The van der Waals surface area contributed by atoms with Gasteiger partial charge in [0.1, 0.15) is 11.6 Å². The fourth-order valence-corrected chi connectivity index (χ4v) is 4.28. The van der Waals surface area contributed by atoms with Gasteiger partial charge >= 0.3 is 0 Å². The number of fused-ring (bicyclic) bond motifs is 1. The van der Waals surface area contributed by atoms with Crippen molar-refractivity contribution < 1.29 is 28.2 Å². The summed E-state index contributed by atoms with van der Waals surface area (Å²) in [6, 6.07) is 20.2. The van der Waals surface area contributed by atoms with E-state index in [1.54, 1.807) is 32.2 Å². The molecule has 200 valence electrons. The molecule has 7 heteroatoms. The van der Waals surface area contributed by atoms with Gasteiger partial charge in [0.2, 0.25) is 0 Å². The molecule has 0 aromatic heterocycles. The van der Waals surface area contributed by atoms with Crippen LogP contribution in [0.1, 0.15) is 30.0 Å². The van der Waals surface area contributed by atoms with Crippen molar-refractivity contribution >= 4 is 22.9 Å². The summed E-state index contributed by atoms with van der Waals surface area (Å²) in [7, 11) is 3.07. The maximum Gasteiger partial charge on any atom is 0.290 e. The molecule has 4 aromatic carbocycles. The van der Waals surface area contributed by atoms with Gasteiger partial charge in [-0.05, 0) is 59.0 Å². The molecule has 0 aliphatic heterocycles. The average molecular weight is 522 g/mol. The Hall–Kier alpha value is -4.39. The second kappa shape index (κ2) is 14.4. The minimum absolute atomic E-state index is 0.211. The predicted octanol–water partition coefficient (Wildman–Crippen LogP) is 7.38. The second-order valence-corrected chi connectivity index (χ2v) is 8.29. The van der Waals surface area contributed by atoms with Crippen molar-refractivity contribution in [2.24, 2.45) is 5.73 Å². The molecule has 0 heterocycles. The third kappa shape index (κ3) is 6.88. The Kier molecular flexibility index (Phi) is 11.3. The van der Waals surface area contributed by atoms with E-state index in [-0.39, 0.29) is 23.7 Å². The van der Waals surface area contributed by atoms with Crippen LogP contribution in [-0.2, 0) is 11.2 Å². The topological polar surface area (TPSA) is 81.8 Å². The van der Waals surface area contributed by atoms with Crippen molar-refractivity contribution in [1.29, 1.82) is 0 Å². The molecule has 0 radical (unpaired) electrons. The molecule has 0 spiro atoms. The Balaban J connectivity index is 0.000000302. The molecule has 0 fully saturated rings. The molecule has 0 atom stereocenters. The lowest BCUT2D eigenvalue weighted by atomic mass is 9.93. The quantitative estimate of drug-likeness (QED) is 0.259. The molecule has 0 bridgehead atoms. The monoisotopic (exact) mass is 521 g/mol. The third-order valence-electron chi connectivity index (χ3n) is 5.84. The Morgan fingerprint density at radius 2 is 1.58 bits per heavy atom. The maximum atomic E-state index is 14.3. The molecule has 38 heavy (non-hydrogen) atoms. The molecule has 3 N–H and O–H groups in total. The Labute approximate surface area is 222 Å². The zero-order valence-electron chi connectivity index (χ0n) is 22.1. The number of ether oxygens (including phenoxy) is 2. The van der Waals surface area contributed by atoms with Gasteiger partial charge in [0.25, 0.3) is 6.47 Å². The normalized spacial score (nSPS) is 9.95. The lowest BCUT2D eigenvalue weighted by Gasteiger charge is -2.16. The summed E-state index contributed by atoms with van der Waals surface area (Å²) in [5.41, 5.74) is 9.76. The van der Waals surface area contributed by atoms with Gasteiger partial charge in [-0.2, -0.15) is 0 Å². The third-order valence-corrected chi connectivity index (χ3v) is 5.84. The van der Waals surface area contributed by atoms with Crippen LogP contribution in [0.2, 0.25) is 0 Å². The maximum absolute atomic E-state index is 14.3. The van der Waals surface area contributed by atoms with Crippen LogP contribution in [0.4, 0.5) is 8.78 Å². The molecular weight excluding hydrogens is 488 g/mol. The molecule has 0 amide bonds. The largest absolute Gasteiger partial charge is 0.496 e. The van der Waals surface area contributed by atoms with E-state index in [4.69, 9.17) is 25.1 Å². The summed E-state index contributed by atoms with van der Waals surface area (Å²) < 4.78 is 38.1.